The van der Waals surface area contributed by atoms with Gasteiger partial charge in [-0.25, -0.2) is 4.68 Å². The minimum Gasteiger partial charge on any atom is -0.322 e. The van der Waals surface area contributed by atoms with Crippen molar-refractivity contribution in [2.75, 3.05) is 5.32 Å². The number of thiophene rings is 1. The molecule has 2 aromatic heterocycles. The van der Waals surface area contributed by atoms with Crippen LogP contribution in [0.5, 0.6) is 0 Å². The van der Waals surface area contributed by atoms with Gasteiger partial charge in [-0.1, -0.05) is 36.4 Å². The van der Waals surface area contributed by atoms with E-state index >= 15 is 0 Å². The molecule has 2 amide bonds. The van der Waals surface area contributed by atoms with Crippen molar-refractivity contribution in [3.63, 3.8) is 0 Å². The van der Waals surface area contributed by atoms with Crippen molar-refractivity contribution in [2.45, 2.75) is 43.9 Å². The van der Waals surface area contributed by atoms with Gasteiger partial charge in [-0.05, 0) is 29.9 Å². The average Bonchev–Trinajstić information content (AvgIpc) is 3.32. The van der Waals surface area contributed by atoms with Gasteiger partial charge in [-0.15, -0.1) is 11.3 Å². The molecule has 3 aromatic rings. The number of amides is 2. The first kappa shape index (κ1) is 19.0. The highest BCUT2D eigenvalue weighted by atomic mass is 32.1. The molecule has 2 atom stereocenters. The lowest BCUT2D eigenvalue weighted by atomic mass is 10.0. The summed E-state index contributed by atoms with van der Waals surface area (Å²) in [5.74, 6) is 0.892. The van der Waals surface area contributed by atoms with E-state index in [1.54, 1.807) is 16.0 Å². The maximum absolute atomic E-state index is 12.6. The molecule has 3 heterocycles. The second kappa shape index (κ2) is 8.04. The maximum atomic E-state index is 12.6. The number of hydrogen-bond acceptors (Lipinski definition) is 5. The highest BCUT2D eigenvalue weighted by Crippen LogP contribution is 2.40. The van der Waals surface area contributed by atoms with Gasteiger partial charge in [0, 0.05) is 29.3 Å². The van der Waals surface area contributed by atoms with Gasteiger partial charge in [0.1, 0.15) is 5.82 Å². The number of nitrogens with one attached hydrogen (secondary N) is 3. The zero-order valence-electron chi connectivity index (χ0n) is 16.4. The molecule has 5 rings (SSSR count). The topological polar surface area (TPSA) is 88.1 Å². The van der Waals surface area contributed by atoms with Crippen LogP contribution in [0.15, 0.2) is 53.9 Å². The molecule has 2 fully saturated rings. The van der Waals surface area contributed by atoms with Crippen molar-refractivity contribution in [3.05, 3.63) is 70.0 Å². The van der Waals surface area contributed by atoms with Gasteiger partial charge >= 0.3 is 0 Å². The average molecular weight is 422 g/mol. The number of benzene rings is 1. The van der Waals surface area contributed by atoms with Crippen LogP contribution >= 0.6 is 11.3 Å². The summed E-state index contributed by atoms with van der Waals surface area (Å²) in [7, 11) is 0. The Bertz CT molecular complexity index is 1040. The van der Waals surface area contributed by atoms with Crippen LogP contribution in [-0.2, 0) is 16.0 Å². The van der Waals surface area contributed by atoms with E-state index in [4.69, 9.17) is 5.10 Å². The van der Waals surface area contributed by atoms with Crippen LogP contribution in [0.1, 0.15) is 53.6 Å². The summed E-state index contributed by atoms with van der Waals surface area (Å²) >= 11 is 1.56. The molecule has 1 aromatic carbocycles. The number of anilines is 1. The predicted molar refractivity (Wildman–Crippen MR) is 115 cm³/mol. The first-order valence-corrected chi connectivity index (χ1v) is 11.1. The van der Waals surface area contributed by atoms with E-state index in [0.29, 0.717) is 24.6 Å². The van der Waals surface area contributed by atoms with Crippen LogP contribution in [-0.4, -0.2) is 21.6 Å². The molecule has 1 saturated heterocycles. The van der Waals surface area contributed by atoms with Crippen molar-refractivity contribution in [3.8, 4) is 0 Å². The van der Waals surface area contributed by atoms with Gasteiger partial charge in [-0.3, -0.25) is 14.9 Å². The quantitative estimate of drug-likeness (QED) is 0.570. The summed E-state index contributed by atoms with van der Waals surface area (Å²) < 4.78 is 1.70. The minimum absolute atomic E-state index is 0.0491. The number of hydrogen-bond donors (Lipinski definition) is 3. The third kappa shape index (κ3) is 4.15. The summed E-state index contributed by atoms with van der Waals surface area (Å²) in [5, 5.41) is 16.1. The fourth-order valence-corrected chi connectivity index (χ4v) is 4.46. The summed E-state index contributed by atoms with van der Waals surface area (Å²) in [6.07, 6.45) is 2.37. The molecular formula is C22H23N5O2S. The highest BCUT2D eigenvalue weighted by molar-refractivity contribution is 7.10. The number of aromatic nitrogens is 2. The predicted octanol–water partition coefficient (Wildman–Crippen LogP) is 3.31. The van der Waals surface area contributed by atoms with Crippen LogP contribution in [0, 0.1) is 0 Å². The summed E-state index contributed by atoms with van der Waals surface area (Å²) in [4.78, 5) is 26.1. The largest absolute Gasteiger partial charge is 0.322 e. The second-order valence-corrected chi connectivity index (χ2v) is 8.81. The normalized spacial score (nSPS) is 21.3. The maximum Gasteiger partial charge on any atom is 0.230 e. The summed E-state index contributed by atoms with van der Waals surface area (Å²) in [6, 6.07) is 15.6. The standard InChI is InChI=1S/C22H23N5O2S/c28-20(11-16-7-4-10-30-16)24-19-12-18(15-8-9-15)26-27(19)22-23-17(13-21(29)25-22)14-5-2-1-3-6-14/h1-7,10,12,15,17,22-23H,8-9,11,13H2,(H,24,28)(H,25,29). The zero-order valence-corrected chi connectivity index (χ0v) is 17.2. The molecule has 8 heteroatoms. The summed E-state index contributed by atoms with van der Waals surface area (Å²) in [5.41, 5.74) is 2.01. The number of rotatable bonds is 6. The lowest BCUT2D eigenvalue weighted by molar-refractivity contribution is -0.125. The molecule has 30 heavy (non-hydrogen) atoms. The SMILES string of the molecule is O=C(Cc1cccs1)Nc1cc(C2CC2)nn1C1NC(=O)CC(c2ccccc2)N1. The van der Waals surface area contributed by atoms with E-state index in [-0.39, 0.29) is 17.9 Å². The van der Waals surface area contributed by atoms with Gasteiger partial charge in [0.05, 0.1) is 12.1 Å². The van der Waals surface area contributed by atoms with Crippen LogP contribution in [0.2, 0.25) is 0 Å². The Morgan fingerprint density at radius 1 is 1.20 bits per heavy atom. The van der Waals surface area contributed by atoms with Gasteiger partial charge in [0.25, 0.3) is 0 Å². The fraction of sp³-hybridized carbons (Fsp3) is 0.318. The molecule has 3 N–H and O–H groups in total. The monoisotopic (exact) mass is 421 g/mol. The Balaban J connectivity index is 1.39. The zero-order chi connectivity index (χ0) is 20.5. The smallest absolute Gasteiger partial charge is 0.230 e. The highest BCUT2D eigenvalue weighted by Gasteiger charge is 2.33. The van der Waals surface area contributed by atoms with Gasteiger partial charge in [0.2, 0.25) is 11.8 Å². The molecule has 2 unspecified atom stereocenters. The lowest BCUT2D eigenvalue weighted by Gasteiger charge is -2.32. The second-order valence-electron chi connectivity index (χ2n) is 7.78. The summed E-state index contributed by atoms with van der Waals surface area (Å²) in [6.45, 7) is 0. The minimum atomic E-state index is -0.527. The molecule has 1 aliphatic heterocycles. The molecule has 1 saturated carbocycles. The van der Waals surface area contributed by atoms with Crippen LogP contribution in [0.25, 0.3) is 0 Å². The van der Waals surface area contributed by atoms with Crippen molar-refractivity contribution >= 4 is 29.0 Å². The van der Waals surface area contributed by atoms with Crippen LogP contribution in [0.4, 0.5) is 5.82 Å². The Kier molecular flexibility index (Phi) is 5.10. The molecular weight excluding hydrogens is 398 g/mol. The molecule has 2 aliphatic rings. The molecule has 1 aliphatic carbocycles. The Hall–Kier alpha value is -2.97. The van der Waals surface area contributed by atoms with Gasteiger partial charge < -0.3 is 10.6 Å². The third-order valence-corrected chi connectivity index (χ3v) is 6.30. The van der Waals surface area contributed by atoms with Crippen molar-refractivity contribution in [2.24, 2.45) is 0 Å². The van der Waals surface area contributed by atoms with E-state index < -0.39 is 6.29 Å². The van der Waals surface area contributed by atoms with E-state index in [9.17, 15) is 9.59 Å². The Morgan fingerprint density at radius 2 is 2.03 bits per heavy atom. The number of nitrogens with zero attached hydrogens (tertiary/aromatic N) is 2. The van der Waals surface area contributed by atoms with Crippen molar-refractivity contribution in [1.29, 1.82) is 0 Å². The van der Waals surface area contributed by atoms with Crippen LogP contribution in [0.3, 0.4) is 0 Å². The fourth-order valence-electron chi connectivity index (χ4n) is 3.76. The Morgan fingerprint density at radius 3 is 2.77 bits per heavy atom. The van der Waals surface area contributed by atoms with Gasteiger partial charge in [-0.2, -0.15) is 5.10 Å². The molecule has 0 bridgehead atoms. The molecule has 7 nitrogen and oxygen atoms in total. The van der Waals surface area contributed by atoms with Crippen LogP contribution < -0.4 is 16.0 Å². The molecule has 154 valence electrons. The van der Waals surface area contributed by atoms with E-state index in [2.05, 4.69) is 16.0 Å². The number of carbonyl (C=O) groups is 2. The number of carbonyl (C=O) groups excluding carboxylic acids is 2. The molecule has 0 spiro atoms. The lowest BCUT2D eigenvalue weighted by Crippen LogP contribution is -2.50. The third-order valence-electron chi connectivity index (χ3n) is 5.43. The first-order valence-electron chi connectivity index (χ1n) is 10.2. The van der Waals surface area contributed by atoms with E-state index in [0.717, 1.165) is 29.0 Å². The van der Waals surface area contributed by atoms with Crippen molar-refractivity contribution in [1.82, 2.24) is 20.4 Å². The Labute approximate surface area is 178 Å². The first-order chi connectivity index (χ1) is 14.7. The van der Waals surface area contributed by atoms with Crippen molar-refractivity contribution < 1.29 is 9.59 Å². The van der Waals surface area contributed by atoms with E-state index in [1.807, 2.05) is 53.9 Å². The van der Waals surface area contributed by atoms with Gasteiger partial charge in [0.15, 0.2) is 6.29 Å². The molecule has 0 radical (unpaired) electrons. The van der Waals surface area contributed by atoms with E-state index in [1.165, 1.54) is 0 Å².